The average molecular weight is 197 g/mol. The predicted molar refractivity (Wildman–Crippen MR) is 44.7 cm³/mol. The van der Waals surface area contributed by atoms with Gasteiger partial charge in [0.2, 0.25) is 0 Å². The van der Waals surface area contributed by atoms with Crippen molar-refractivity contribution in [3.05, 3.63) is 12.2 Å². The maximum absolute atomic E-state index is 3.96. The molecule has 0 unspecified atom stereocenters. The quantitative estimate of drug-likeness (QED) is 0.675. The van der Waals surface area contributed by atoms with Gasteiger partial charge in [0.15, 0.2) is 11.0 Å². The van der Waals surface area contributed by atoms with Gasteiger partial charge in [-0.15, -0.1) is 5.10 Å². The largest absolute Gasteiger partial charge is 0.254 e. The van der Waals surface area contributed by atoms with Crippen LogP contribution >= 0.6 is 11.8 Å². The van der Waals surface area contributed by atoms with Gasteiger partial charge in [-0.2, -0.15) is 5.10 Å². The van der Waals surface area contributed by atoms with Crippen molar-refractivity contribution < 1.29 is 0 Å². The molecular formula is C5H7N7S. The first-order valence-corrected chi connectivity index (χ1v) is 4.54. The first kappa shape index (κ1) is 8.17. The molecule has 7 nitrogen and oxygen atoms in total. The van der Waals surface area contributed by atoms with Crippen LogP contribution in [0.4, 0.5) is 0 Å². The highest BCUT2D eigenvalue weighted by Crippen LogP contribution is 2.15. The molecular weight excluding hydrogens is 190 g/mol. The molecule has 2 heterocycles. The Hall–Kier alpha value is -1.44. The SMILES string of the molecule is Cn1nnnc1CSc1ncn[nH]1. The van der Waals surface area contributed by atoms with E-state index in [1.807, 2.05) is 0 Å². The molecule has 0 aromatic carbocycles. The molecule has 0 spiro atoms. The fraction of sp³-hybridized carbons (Fsp3) is 0.400. The van der Waals surface area contributed by atoms with Crippen molar-refractivity contribution in [2.75, 3.05) is 0 Å². The third-order valence-electron chi connectivity index (χ3n) is 1.44. The molecule has 0 aliphatic carbocycles. The molecule has 0 aliphatic rings. The normalized spacial score (nSPS) is 10.5. The van der Waals surface area contributed by atoms with E-state index in [0.717, 1.165) is 11.0 Å². The Kier molecular flexibility index (Phi) is 2.21. The number of nitrogens with one attached hydrogen (secondary N) is 1. The molecule has 0 amide bonds. The van der Waals surface area contributed by atoms with Crippen molar-refractivity contribution in [2.24, 2.45) is 7.05 Å². The number of tetrazole rings is 1. The van der Waals surface area contributed by atoms with Gasteiger partial charge in [0.25, 0.3) is 0 Å². The van der Waals surface area contributed by atoms with Gasteiger partial charge in [0.1, 0.15) is 6.33 Å². The van der Waals surface area contributed by atoms with E-state index in [0.29, 0.717) is 5.75 Å². The van der Waals surface area contributed by atoms with Crippen LogP contribution in [-0.4, -0.2) is 35.4 Å². The number of aromatic amines is 1. The van der Waals surface area contributed by atoms with E-state index in [-0.39, 0.29) is 0 Å². The van der Waals surface area contributed by atoms with Crippen molar-refractivity contribution in [1.29, 1.82) is 0 Å². The molecule has 2 rings (SSSR count). The van der Waals surface area contributed by atoms with Crippen LogP contribution < -0.4 is 0 Å². The van der Waals surface area contributed by atoms with Gasteiger partial charge in [0.05, 0.1) is 5.75 Å². The summed E-state index contributed by atoms with van der Waals surface area (Å²) in [5.74, 6) is 1.49. The van der Waals surface area contributed by atoms with E-state index >= 15 is 0 Å². The van der Waals surface area contributed by atoms with Crippen LogP contribution in [0.15, 0.2) is 11.5 Å². The number of hydrogen-bond acceptors (Lipinski definition) is 6. The summed E-state index contributed by atoms with van der Waals surface area (Å²) in [5, 5.41) is 18.3. The van der Waals surface area contributed by atoms with Crippen molar-refractivity contribution in [3.8, 4) is 0 Å². The van der Waals surface area contributed by atoms with Crippen LogP contribution in [0.3, 0.4) is 0 Å². The first-order chi connectivity index (χ1) is 6.36. The Morgan fingerprint density at radius 2 is 2.54 bits per heavy atom. The van der Waals surface area contributed by atoms with Crippen molar-refractivity contribution in [1.82, 2.24) is 35.4 Å². The number of thioether (sulfide) groups is 1. The van der Waals surface area contributed by atoms with Gasteiger partial charge in [-0.05, 0) is 10.4 Å². The number of H-pyrrole nitrogens is 1. The lowest BCUT2D eigenvalue weighted by atomic mass is 10.7. The summed E-state index contributed by atoms with van der Waals surface area (Å²) in [5.41, 5.74) is 0. The van der Waals surface area contributed by atoms with Crippen LogP contribution in [0, 0.1) is 0 Å². The third kappa shape index (κ3) is 1.83. The first-order valence-electron chi connectivity index (χ1n) is 3.55. The Balaban J connectivity index is 1.97. The minimum Gasteiger partial charge on any atom is -0.254 e. The highest BCUT2D eigenvalue weighted by molar-refractivity contribution is 7.98. The summed E-state index contributed by atoms with van der Waals surface area (Å²) in [7, 11) is 1.80. The van der Waals surface area contributed by atoms with E-state index in [9.17, 15) is 0 Å². The van der Waals surface area contributed by atoms with Gasteiger partial charge in [-0.25, -0.2) is 9.67 Å². The van der Waals surface area contributed by atoms with Crippen molar-refractivity contribution in [3.63, 3.8) is 0 Å². The molecule has 0 saturated carbocycles. The summed E-state index contributed by atoms with van der Waals surface area (Å²) in [4.78, 5) is 3.96. The molecule has 8 heteroatoms. The molecule has 2 aromatic heterocycles. The molecule has 0 aliphatic heterocycles. The van der Waals surface area contributed by atoms with Gasteiger partial charge in [0, 0.05) is 7.05 Å². The fourth-order valence-corrected chi connectivity index (χ4v) is 1.52. The third-order valence-corrected chi connectivity index (χ3v) is 2.31. The summed E-state index contributed by atoms with van der Waals surface area (Å²) < 4.78 is 1.63. The maximum Gasteiger partial charge on any atom is 0.183 e. The zero-order valence-corrected chi connectivity index (χ0v) is 7.69. The minimum absolute atomic E-state index is 0.679. The highest BCUT2D eigenvalue weighted by atomic mass is 32.2. The summed E-state index contributed by atoms with van der Waals surface area (Å²) in [6, 6.07) is 0. The zero-order chi connectivity index (χ0) is 9.10. The Bertz CT molecular complexity index is 366. The van der Waals surface area contributed by atoms with Crippen LogP contribution in [0.5, 0.6) is 0 Å². The fourth-order valence-electron chi connectivity index (χ4n) is 0.767. The zero-order valence-electron chi connectivity index (χ0n) is 6.88. The van der Waals surface area contributed by atoms with Gasteiger partial charge in [-0.1, -0.05) is 11.8 Å². The van der Waals surface area contributed by atoms with Gasteiger partial charge >= 0.3 is 0 Å². The van der Waals surface area contributed by atoms with E-state index in [1.165, 1.54) is 18.1 Å². The Morgan fingerprint density at radius 1 is 1.62 bits per heavy atom. The number of hydrogen-bond donors (Lipinski definition) is 1. The molecule has 0 bridgehead atoms. The van der Waals surface area contributed by atoms with E-state index in [4.69, 9.17) is 0 Å². The highest BCUT2D eigenvalue weighted by Gasteiger charge is 2.03. The molecule has 68 valence electrons. The van der Waals surface area contributed by atoms with E-state index < -0.39 is 0 Å². The summed E-state index contributed by atoms with van der Waals surface area (Å²) >= 11 is 1.51. The molecule has 13 heavy (non-hydrogen) atoms. The lowest BCUT2D eigenvalue weighted by Gasteiger charge is -1.94. The number of aromatic nitrogens is 7. The maximum atomic E-state index is 3.96. The number of rotatable bonds is 3. The second-order valence-electron chi connectivity index (χ2n) is 2.30. The lowest BCUT2D eigenvalue weighted by molar-refractivity contribution is 0.693. The van der Waals surface area contributed by atoms with Gasteiger partial charge in [-0.3, -0.25) is 5.10 Å². The topological polar surface area (TPSA) is 85.2 Å². The molecule has 1 N–H and O–H groups in total. The van der Waals surface area contributed by atoms with Crippen molar-refractivity contribution in [2.45, 2.75) is 10.9 Å². The van der Waals surface area contributed by atoms with Crippen molar-refractivity contribution >= 4 is 11.8 Å². The minimum atomic E-state index is 0.679. The van der Waals surface area contributed by atoms with Crippen LogP contribution in [0.1, 0.15) is 5.82 Å². The average Bonchev–Trinajstić information content (AvgIpc) is 2.72. The number of nitrogens with zero attached hydrogens (tertiary/aromatic N) is 6. The Morgan fingerprint density at radius 3 is 3.15 bits per heavy atom. The van der Waals surface area contributed by atoms with Crippen LogP contribution in [-0.2, 0) is 12.8 Å². The predicted octanol–water partition coefficient (Wildman–Crippen LogP) is -0.380. The molecule has 0 saturated heterocycles. The second kappa shape index (κ2) is 3.52. The van der Waals surface area contributed by atoms with Gasteiger partial charge < -0.3 is 0 Å². The second-order valence-corrected chi connectivity index (χ2v) is 3.26. The van der Waals surface area contributed by atoms with E-state index in [2.05, 4.69) is 30.7 Å². The smallest absolute Gasteiger partial charge is 0.183 e. The monoisotopic (exact) mass is 197 g/mol. The number of aryl methyl sites for hydroxylation is 1. The molecule has 0 fully saturated rings. The Labute approximate surface area is 77.9 Å². The molecule has 0 atom stereocenters. The summed E-state index contributed by atoms with van der Waals surface area (Å²) in [6.45, 7) is 0. The van der Waals surface area contributed by atoms with E-state index in [1.54, 1.807) is 11.7 Å². The standard InChI is InChI=1S/C5H7N7S/c1-12-4(8-10-11-12)2-13-5-6-3-7-9-5/h3H,2H2,1H3,(H,6,7,9). The molecule has 2 aromatic rings. The summed E-state index contributed by atoms with van der Waals surface area (Å²) in [6.07, 6.45) is 1.47. The van der Waals surface area contributed by atoms with Crippen LogP contribution in [0.25, 0.3) is 0 Å². The lowest BCUT2D eigenvalue weighted by Crippen LogP contribution is -1.97. The molecule has 0 radical (unpaired) electrons. The van der Waals surface area contributed by atoms with Crippen LogP contribution in [0.2, 0.25) is 0 Å².